The average molecular weight is 644 g/mol. The molecule has 236 valence electrons. The summed E-state index contributed by atoms with van der Waals surface area (Å²) in [5.74, 6) is 1.71. The highest BCUT2D eigenvalue weighted by atomic mass is 16.3. The van der Waals surface area contributed by atoms with Crippen molar-refractivity contribution in [3.05, 3.63) is 170 Å². The van der Waals surface area contributed by atoms with E-state index in [9.17, 15) is 5.11 Å². The van der Waals surface area contributed by atoms with Crippen LogP contribution in [0.25, 0.3) is 89.5 Å². The fraction of sp³-hybridized carbons (Fsp3) is 0. The average Bonchev–Trinajstić information content (AvgIpc) is 3.56. The van der Waals surface area contributed by atoms with Crippen LogP contribution in [0.3, 0.4) is 0 Å². The highest BCUT2D eigenvalue weighted by molar-refractivity contribution is 6.07. The number of hydrogen-bond donors (Lipinski definition) is 1. The topological polar surface area (TPSA) is 72.0 Å². The standard InChI is InChI=1S/C45H29N3O2/c49-39-20-11-19-37(42(39)36-18-8-7-16-34(36)33-26-27-41-38(28-33)35-17-9-10-21-40(35)50-41)45-47-43(31-14-5-2-6-15-31)46-44(48-45)32-24-22-30(23-25-32)29-12-3-1-4-13-29/h1-28,49H. The summed E-state index contributed by atoms with van der Waals surface area (Å²) in [6, 6.07) is 56.4. The second kappa shape index (κ2) is 12.3. The van der Waals surface area contributed by atoms with E-state index in [1.54, 1.807) is 6.07 Å². The zero-order chi connectivity index (χ0) is 33.4. The number of furan rings is 1. The van der Waals surface area contributed by atoms with Gasteiger partial charge in [0.25, 0.3) is 0 Å². The zero-order valence-corrected chi connectivity index (χ0v) is 26.9. The van der Waals surface area contributed by atoms with E-state index in [1.165, 1.54) is 0 Å². The Labute approximate surface area is 288 Å². The number of nitrogens with zero attached hydrogens (tertiary/aromatic N) is 3. The molecule has 9 aromatic rings. The van der Waals surface area contributed by atoms with Gasteiger partial charge < -0.3 is 9.52 Å². The predicted molar refractivity (Wildman–Crippen MR) is 201 cm³/mol. The maximum Gasteiger partial charge on any atom is 0.164 e. The van der Waals surface area contributed by atoms with E-state index < -0.39 is 0 Å². The summed E-state index contributed by atoms with van der Waals surface area (Å²) in [6.07, 6.45) is 0. The SMILES string of the molecule is Oc1cccc(-c2nc(-c3ccccc3)nc(-c3ccc(-c4ccccc4)cc3)n2)c1-c1ccccc1-c1ccc2oc3ccccc3c2c1. The van der Waals surface area contributed by atoms with Crippen LogP contribution < -0.4 is 0 Å². The Morgan fingerprint density at radius 3 is 1.64 bits per heavy atom. The van der Waals surface area contributed by atoms with Crippen molar-refractivity contribution in [1.29, 1.82) is 0 Å². The quantitative estimate of drug-likeness (QED) is 0.195. The number of hydrogen-bond acceptors (Lipinski definition) is 5. The number of rotatable bonds is 6. The van der Waals surface area contributed by atoms with E-state index >= 15 is 0 Å². The Morgan fingerprint density at radius 2 is 0.880 bits per heavy atom. The van der Waals surface area contributed by atoms with Crippen LogP contribution in [0, 0.1) is 0 Å². The molecule has 5 heteroatoms. The van der Waals surface area contributed by atoms with E-state index in [-0.39, 0.29) is 5.75 Å². The van der Waals surface area contributed by atoms with Crippen molar-refractivity contribution in [2.45, 2.75) is 0 Å². The summed E-state index contributed by atoms with van der Waals surface area (Å²) in [5.41, 5.74) is 9.88. The van der Waals surface area contributed by atoms with Gasteiger partial charge in [-0.15, -0.1) is 0 Å². The molecule has 7 aromatic carbocycles. The summed E-state index contributed by atoms with van der Waals surface area (Å²) in [7, 11) is 0. The Hall–Kier alpha value is -6.85. The Kier molecular flexibility index (Phi) is 7.21. The normalized spacial score (nSPS) is 11.3. The minimum absolute atomic E-state index is 0.139. The Balaban J connectivity index is 1.21. The van der Waals surface area contributed by atoms with Gasteiger partial charge in [0.1, 0.15) is 16.9 Å². The highest BCUT2D eigenvalue weighted by Gasteiger charge is 2.21. The molecule has 0 aliphatic heterocycles. The number of aromatic nitrogens is 3. The molecule has 0 spiro atoms. The van der Waals surface area contributed by atoms with Gasteiger partial charge in [-0.3, -0.25) is 0 Å². The molecular formula is C45H29N3O2. The van der Waals surface area contributed by atoms with Crippen LogP contribution >= 0.6 is 0 Å². The van der Waals surface area contributed by atoms with Gasteiger partial charge in [-0.1, -0.05) is 146 Å². The maximum atomic E-state index is 11.6. The van der Waals surface area contributed by atoms with Crippen LogP contribution in [0.15, 0.2) is 174 Å². The lowest BCUT2D eigenvalue weighted by Gasteiger charge is -2.16. The molecule has 0 bridgehead atoms. The largest absolute Gasteiger partial charge is 0.507 e. The lowest BCUT2D eigenvalue weighted by molar-refractivity contribution is 0.477. The molecule has 0 unspecified atom stereocenters. The molecular weight excluding hydrogens is 615 g/mol. The van der Waals surface area contributed by atoms with Crippen LogP contribution in [0.2, 0.25) is 0 Å². The van der Waals surface area contributed by atoms with Crippen molar-refractivity contribution >= 4 is 21.9 Å². The first kappa shape index (κ1) is 29.3. The second-order valence-corrected chi connectivity index (χ2v) is 12.2. The summed E-state index contributed by atoms with van der Waals surface area (Å²) in [5, 5.41) is 13.7. The smallest absolute Gasteiger partial charge is 0.164 e. The highest BCUT2D eigenvalue weighted by Crippen LogP contribution is 2.44. The molecule has 0 aliphatic rings. The lowest BCUT2D eigenvalue weighted by Crippen LogP contribution is -2.01. The second-order valence-electron chi connectivity index (χ2n) is 12.2. The molecule has 0 saturated carbocycles. The third-order valence-corrected chi connectivity index (χ3v) is 9.09. The summed E-state index contributed by atoms with van der Waals surface area (Å²) in [4.78, 5) is 15.0. The van der Waals surface area contributed by atoms with Crippen molar-refractivity contribution in [2.24, 2.45) is 0 Å². The van der Waals surface area contributed by atoms with Gasteiger partial charge in [0.15, 0.2) is 17.5 Å². The monoisotopic (exact) mass is 643 g/mol. The van der Waals surface area contributed by atoms with Crippen molar-refractivity contribution in [3.63, 3.8) is 0 Å². The van der Waals surface area contributed by atoms with Crippen LogP contribution in [0.4, 0.5) is 0 Å². The molecule has 0 radical (unpaired) electrons. The number of para-hydroxylation sites is 1. The maximum absolute atomic E-state index is 11.6. The number of phenols is 1. The number of phenolic OH excluding ortho intramolecular Hbond substituents is 1. The van der Waals surface area contributed by atoms with Gasteiger partial charge in [0.05, 0.1) is 0 Å². The van der Waals surface area contributed by atoms with Gasteiger partial charge in [0, 0.05) is 33.0 Å². The third-order valence-electron chi connectivity index (χ3n) is 9.09. The van der Waals surface area contributed by atoms with Crippen molar-refractivity contribution in [3.8, 4) is 73.3 Å². The van der Waals surface area contributed by atoms with Crippen LogP contribution in [0.1, 0.15) is 0 Å². The fourth-order valence-electron chi connectivity index (χ4n) is 6.64. The molecule has 0 amide bonds. The van der Waals surface area contributed by atoms with Gasteiger partial charge in [-0.2, -0.15) is 0 Å². The molecule has 9 rings (SSSR count). The number of aromatic hydroxyl groups is 1. The van der Waals surface area contributed by atoms with Crippen molar-refractivity contribution < 1.29 is 9.52 Å². The third kappa shape index (κ3) is 5.27. The molecule has 2 heterocycles. The van der Waals surface area contributed by atoms with E-state index in [0.717, 1.165) is 60.9 Å². The molecule has 5 nitrogen and oxygen atoms in total. The van der Waals surface area contributed by atoms with E-state index in [0.29, 0.717) is 28.6 Å². The van der Waals surface area contributed by atoms with E-state index in [2.05, 4.69) is 48.5 Å². The Bertz CT molecular complexity index is 2650. The van der Waals surface area contributed by atoms with Crippen LogP contribution in [0.5, 0.6) is 5.75 Å². The molecule has 0 fully saturated rings. The first-order chi connectivity index (χ1) is 24.7. The molecule has 0 aliphatic carbocycles. The predicted octanol–water partition coefficient (Wildman–Crippen LogP) is 11.5. The summed E-state index contributed by atoms with van der Waals surface area (Å²) >= 11 is 0. The van der Waals surface area contributed by atoms with Crippen LogP contribution in [-0.2, 0) is 0 Å². The van der Waals surface area contributed by atoms with E-state index in [1.807, 2.05) is 115 Å². The van der Waals surface area contributed by atoms with Gasteiger partial charge in [-0.05, 0) is 52.1 Å². The number of benzene rings is 7. The summed E-state index contributed by atoms with van der Waals surface area (Å²) < 4.78 is 6.12. The minimum atomic E-state index is 0.139. The minimum Gasteiger partial charge on any atom is -0.507 e. The molecule has 0 saturated heterocycles. The fourth-order valence-corrected chi connectivity index (χ4v) is 6.64. The summed E-state index contributed by atoms with van der Waals surface area (Å²) in [6.45, 7) is 0. The lowest BCUT2D eigenvalue weighted by atomic mass is 9.90. The Morgan fingerprint density at radius 1 is 0.360 bits per heavy atom. The van der Waals surface area contributed by atoms with Crippen molar-refractivity contribution in [2.75, 3.05) is 0 Å². The molecule has 50 heavy (non-hydrogen) atoms. The van der Waals surface area contributed by atoms with Crippen molar-refractivity contribution in [1.82, 2.24) is 15.0 Å². The molecule has 1 N–H and O–H groups in total. The van der Waals surface area contributed by atoms with Gasteiger partial charge in [-0.25, -0.2) is 15.0 Å². The zero-order valence-electron chi connectivity index (χ0n) is 26.9. The number of fused-ring (bicyclic) bond motifs is 3. The first-order valence-electron chi connectivity index (χ1n) is 16.5. The van der Waals surface area contributed by atoms with Gasteiger partial charge >= 0.3 is 0 Å². The molecule has 0 atom stereocenters. The van der Waals surface area contributed by atoms with E-state index in [4.69, 9.17) is 19.4 Å². The van der Waals surface area contributed by atoms with Crippen LogP contribution in [-0.4, -0.2) is 20.1 Å². The van der Waals surface area contributed by atoms with Gasteiger partial charge in [0.2, 0.25) is 0 Å². The molecule has 2 aromatic heterocycles. The first-order valence-corrected chi connectivity index (χ1v) is 16.5.